The normalized spacial score (nSPS) is 12.2. The molecule has 17 heavy (non-hydrogen) atoms. The summed E-state index contributed by atoms with van der Waals surface area (Å²) in [5.74, 6) is -1.19. The lowest BCUT2D eigenvalue weighted by molar-refractivity contribution is -0.161. The van der Waals surface area contributed by atoms with Crippen molar-refractivity contribution in [1.82, 2.24) is 4.98 Å². The van der Waals surface area contributed by atoms with Gasteiger partial charge in [-0.15, -0.1) is 11.3 Å². The fourth-order valence-electron chi connectivity index (χ4n) is 0.736. The van der Waals surface area contributed by atoms with Crippen molar-refractivity contribution in [3.05, 3.63) is 11.1 Å². The van der Waals surface area contributed by atoms with E-state index in [0.717, 1.165) is 11.3 Å². The van der Waals surface area contributed by atoms with E-state index in [9.17, 15) is 9.59 Å². The molecule has 0 saturated carbocycles. The van der Waals surface area contributed by atoms with Gasteiger partial charge in [-0.1, -0.05) is 5.16 Å². The van der Waals surface area contributed by atoms with Crippen molar-refractivity contribution >= 4 is 34.4 Å². The van der Waals surface area contributed by atoms with Crippen LogP contribution in [0.2, 0.25) is 0 Å². The number of rotatable bonds is 5. The number of carbonyl (C=O) groups excluding carboxylic acids is 1. The molecule has 0 fully saturated rings. The summed E-state index contributed by atoms with van der Waals surface area (Å²) in [4.78, 5) is 30.1. The molecule has 0 spiro atoms. The minimum absolute atomic E-state index is 0.104. The van der Waals surface area contributed by atoms with E-state index >= 15 is 0 Å². The molecule has 0 aliphatic heterocycles. The van der Waals surface area contributed by atoms with Gasteiger partial charge in [-0.25, -0.2) is 9.78 Å². The highest BCUT2D eigenvalue weighted by molar-refractivity contribution is 7.13. The van der Waals surface area contributed by atoms with Crippen LogP contribution < -0.4 is 5.73 Å². The molecule has 0 aliphatic rings. The van der Waals surface area contributed by atoms with Crippen molar-refractivity contribution in [3.63, 3.8) is 0 Å². The first-order valence-corrected chi connectivity index (χ1v) is 5.41. The summed E-state index contributed by atoms with van der Waals surface area (Å²) in [5.41, 5.74) is 4.03. The Labute approximate surface area is 101 Å². The van der Waals surface area contributed by atoms with E-state index < -0.39 is 11.6 Å². The summed E-state index contributed by atoms with van der Waals surface area (Å²) in [7, 11) is 0. The van der Waals surface area contributed by atoms with Crippen LogP contribution in [0.15, 0.2) is 10.5 Å². The molecule has 1 heterocycles. The van der Waals surface area contributed by atoms with Gasteiger partial charge >= 0.3 is 5.97 Å². The molecule has 3 N–H and O–H groups in total. The average Bonchev–Trinajstić information content (AvgIpc) is 2.65. The van der Waals surface area contributed by atoms with Gasteiger partial charge < -0.3 is 15.7 Å². The molecule has 0 atom stereocenters. The van der Waals surface area contributed by atoms with Crippen LogP contribution in [0, 0.1) is 0 Å². The van der Waals surface area contributed by atoms with Crippen LogP contribution in [0.25, 0.3) is 0 Å². The highest BCUT2D eigenvalue weighted by Gasteiger charge is 2.30. The van der Waals surface area contributed by atoms with E-state index in [1.807, 2.05) is 0 Å². The second-order valence-corrected chi connectivity index (χ2v) is 4.46. The van der Waals surface area contributed by atoms with E-state index in [1.54, 1.807) is 0 Å². The smallest absolute Gasteiger partial charge is 0.350 e. The highest BCUT2D eigenvalue weighted by atomic mass is 32.1. The number of hydrogen-bond acceptors (Lipinski definition) is 7. The molecule has 0 aromatic carbocycles. The minimum Gasteiger partial charge on any atom is -0.478 e. The third kappa shape index (κ3) is 3.25. The molecule has 1 rings (SSSR count). The predicted octanol–water partition coefficient (Wildman–Crippen LogP) is 0.508. The van der Waals surface area contributed by atoms with Gasteiger partial charge in [0.2, 0.25) is 5.60 Å². The number of oxime groups is 1. The second-order valence-electron chi connectivity index (χ2n) is 3.57. The van der Waals surface area contributed by atoms with Crippen LogP contribution in [0.4, 0.5) is 5.13 Å². The van der Waals surface area contributed by atoms with Crippen LogP contribution in [-0.2, 0) is 14.4 Å². The van der Waals surface area contributed by atoms with Crippen LogP contribution in [0.3, 0.4) is 0 Å². The monoisotopic (exact) mass is 257 g/mol. The zero-order chi connectivity index (χ0) is 13.1. The molecule has 0 unspecified atom stereocenters. The Bertz CT molecular complexity index is 467. The SMILES string of the molecule is CC(C)(O/N=C(/C=O)c1csc(N)n1)C(=O)O. The molecule has 0 radical (unpaired) electrons. The predicted molar refractivity (Wildman–Crippen MR) is 61.9 cm³/mol. The lowest BCUT2D eigenvalue weighted by Crippen LogP contribution is -2.33. The molecule has 1 aromatic rings. The fourth-order valence-corrected chi connectivity index (χ4v) is 1.29. The zero-order valence-corrected chi connectivity index (χ0v) is 10.0. The number of carboxylic acid groups (broad SMARTS) is 1. The number of nitrogen functional groups attached to an aromatic ring is 1. The van der Waals surface area contributed by atoms with Gasteiger partial charge in [0.15, 0.2) is 17.1 Å². The quantitative estimate of drug-likeness (QED) is 0.451. The largest absolute Gasteiger partial charge is 0.478 e. The third-order valence-corrected chi connectivity index (χ3v) is 2.46. The summed E-state index contributed by atoms with van der Waals surface area (Å²) in [5, 5.41) is 14.1. The van der Waals surface area contributed by atoms with E-state index in [0.29, 0.717) is 6.29 Å². The number of nitrogens with zero attached hydrogens (tertiary/aromatic N) is 2. The Morgan fingerprint density at radius 3 is 2.76 bits per heavy atom. The van der Waals surface area contributed by atoms with E-state index in [2.05, 4.69) is 10.1 Å². The van der Waals surface area contributed by atoms with Crippen LogP contribution in [0.1, 0.15) is 19.5 Å². The second kappa shape index (κ2) is 4.91. The van der Waals surface area contributed by atoms with Crippen LogP contribution in [-0.4, -0.2) is 33.7 Å². The van der Waals surface area contributed by atoms with Gasteiger partial charge in [-0.05, 0) is 13.8 Å². The van der Waals surface area contributed by atoms with Gasteiger partial charge in [-0.2, -0.15) is 0 Å². The Morgan fingerprint density at radius 1 is 1.71 bits per heavy atom. The highest BCUT2D eigenvalue weighted by Crippen LogP contribution is 2.14. The Hall–Kier alpha value is -1.96. The number of aldehydes is 1. The summed E-state index contributed by atoms with van der Waals surface area (Å²) in [6, 6.07) is 0. The van der Waals surface area contributed by atoms with Gasteiger partial charge in [-0.3, -0.25) is 4.79 Å². The van der Waals surface area contributed by atoms with Crippen molar-refractivity contribution in [2.45, 2.75) is 19.4 Å². The van der Waals surface area contributed by atoms with Crippen molar-refractivity contribution < 1.29 is 19.5 Å². The van der Waals surface area contributed by atoms with Gasteiger partial charge in [0.1, 0.15) is 5.69 Å². The molecular formula is C9H11N3O4S. The summed E-state index contributed by atoms with van der Waals surface area (Å²) < 4.78 is 0. The van der Waals surface area contributed by atoms with Crippen molar-refractivity contribution in [3.8, 4) is 0 Å². The number of nitrogens with two attached hydrogens (primary N) is 1. The number of aromatic nitrogens is 1. The van der Waals surface area contributed by atoms with Gasteiger partial charge in [0, 0.05) is 5.38 Å². The fraction of sp³-hybridized carbons (Fsp3) is 0.333. The summed E-state index contributed by atoms with van der Waals surface area (Å²) >= 11 is 1.14. The first-order valence-electron chi connectivity index (χ1n) is 4.53. The number of thiazole rings is 1. The molecule has 0 saturated heterocycles. The number of carboxylic acids is 1. The molecule has 0 amide bonds. The first kappa shape index (κ1) is 13.1. The van der Waals surface area contributed by atoms with Gasteiger partial charge in [0.25, 0.3) is 0 Å². The zero-order valence-electron chi connectivity index (χ0n) is 9.21. The topological polar surface area (TPSA) is 115 Å². The lowest BCUT2D eigenvalue weighted by atomic mass is 10.1. The summed E-state index contributed by atoms with van der Waals surface area (Å²) in [6.07, 6.45) is 0.423. The Balaban J connectivity index is 2.89. The Kier molecular flexibility index (Phi) is 3.79. The third-order valence-electron chi connectivity index (χ3n) is 1.78. The molecular weight excluding hydrogens is 246 g/mol. The summed E-state index contributed by atoms with van der Waals surface area (Å²) in [6.45, 7) is 2.63. The molecule has 92 valence electrons. The van der Waals surface area contributed by atoms with E-state index in [1.165, 1.54) is 19.2 Å². The maximum atomic E-state index is 10.8. The molecule has 0 aliphatic carbocycles. The first-order chi connectivity index (χ1) is 7.86. The van der Waals surface area contributed by atoms with Crippen molar-refractivity contribution in [1.29, 1.82) is 0 Å². The number of aliphatic carboxylic acids is 1. The maximum absolute atomic E-state index is 10.8. The van der Waals surface area contributed by atoms with Crippen LogP contribution >= 0.6 is 11.3 Å². The average molecular weight is 257 g/mol. The van der Waals surface area contributed by atoms with Crippen molar-refractivity contribution in [2.75, 3.05) is 5.73 Å². The standard InChI is InChI=1S/C9H11N3O4S/c1-9(2,7(14)15)16-12-5(3-13)6-4-17-8(10)11-6/h3-4H,1-2H3,(H2,10,11)(H,14,15)/b12-5-. The minimum atomic E-state index is -1.52. The maximum Gasteiger partial charge on any atom is 0.350 e. The number of hydrogen-bond donors (Lipinski definition) is 2. The van der Waals surface area contributed by atoms with Gasteiger partial charge in [0.05, 0.1) is 0 Å². The molecule has 1 aromatic heterocycles. The molecule has 7 nitrogen and oxygen atoms in total. The van der Waals surface area contributed by atoms with E-state index in [4.69, 9.17) is 15.7 Å². The number of anilines is 1. The Morgan fingerprint density at radius 2 is 2.35 bits per heavy atom. The van der Waals surface area contributed by atoms with Crippen molar-refractivity contribution in [2.24, 2.45) is 5.16 Å². The molecule has 0 bridgehead atoms. The molecule has 8 heteroatoms. The van der Waals surface area contributed by atoms with Crippen LogP contribution in [0.5, 0.6) is 0 Å². The number of carbonyl (C=O) groups is 2. The van der Waals surface area contributed by atoms with E-state index in [-0.39, 0.29) is 16.5 Å². The lowest BCUT2D eigenvalue weighted by Gasteiger charge is -2.16.